The van der Waals surface area contributed by atoms with Crippen molar-refractivity contribution >= 4 is 23.3 Å². The Morgan fingerprint density at radius 1 is 1.25 bits per heavy atom. The van der Waals surface area contributed by atoms with Gasteiger partial charge in [0, 0.05) is 18.3 Å². The van der Waals surface area contributed by atoms with Crippen molar-refractivity contribution in [2.24, 2.45) is 15.9 Å². The average Bonchev–Trinajstić information content (AvgIpc) is 2.27. The molecule has 1 N–H and O–H groups in total. The molecule has 0 fully saturated rings. The van der Waals surface area contributed by atoms with Crippen LogP contribution in [0.2, 0.25) is 0 Å². The SMILES string of the molecule is CC.CCN=C(C)NC(=NCCCl)C(C)C. The van der Waals surface area contributed by atoms with Crippen LogP contribution in [0.25, 0.3) is 0 Å². The van der Waals surface area contributed by atoms with Gasteiger partial charge in [0.05, 0.1) is 12.4 Å². The van der Waals surface area contributed by atoms with Crippen LogP contribution < -0.4 is 5.32 Å². The molecule has 96 valence electrons. The van der Waals surface area contributed by atoms with E-state index in [-0.39, 0.29) is 0 Å². The number of aliphatic imine (C=N–C) groups is 2. The van der Waals surface area contributed by atoms with Crippen molar-refractivity contribution in [3.8, 4) is 0 Å². The van der Waals surface area contributed by atoms with Crippen LogP contribution in [0.3, 0.4) is 0 Å². The van der Waals surface area contributed by atoms with Crippen LogP contribution >= 0.6 is 11.6 Å². The molecule has 0 aliphatic heterocycles. The standard InChI is InChI=1S/C10H20ClN3.C2H6/c1-5-12-9(4)14-10(8(2)3)13-7-6-11;1-2/h8H,5-7H2,1-4H3,(H,12,13,14);1-2H3. The fraction of sp³-hybridized carbons (Fsp3) is 0.833. The average molecular weight is 248 g/mol. The second-order valence-corrected chi connectivity index (χ2v) is 3.67. The molecule has 0 spiro atoms. The zero-order valence-electron chi connectivity index (χ0n) is 11.5. The van der Waals surface area contributed by atoms with Crippen molar-refractivity contribution in [1.82, 2.24) is 5.32 Å². The Labute approximate surface area is 105 Å². The van der Waals surface area contributed by atoms with Gasteiger partial charge in [0.1, 0.15) is 5.84 Å². The zero-order valence-corrected chi connectivity index (χ0v) is 12.2. The molecule has 0 aliphatic rings. The molecule has 0 aliphatic carbocycles. The number of hydrogen-bond acceptors (Lipinski definition) is 2. The Morgan fingerprint density at radius 3 is 2.19 bits per heavy atom. The quantitative estimate of drug-likeness (QED) is 0.462. The van der Waals surface area contributed by atoms with Crippen LogP contribution in [0.1, 0.15) is 41.5 Å². The fourth-order valence-electron chi connectivity index (χ4n) is 0.991. The van der Waals surface area contributed by atoms with E-state index >= 15 is 0 Å². The molecule has 0 aromatic rings. The van der Waals surface area contributed by atoms with Crippen molar-refractivity contribution in [3.63, 3.8) is 0 Å². The van der Waals surface area contributed by atoms with E-state index in [2.05, 4.69) is 29.1 Å². The predicted octanol–water partition coefficient (Wildman–Crippen LogP) is 3.33. The van der Waals surface area contributed by atoms with E-state index in [1.54, 1.807) is 0 Å². The zero-order chi connectivity index (χ0) is 13.0. The van der Waals surface area contributed by atoms with Gasteiger partial charge < -0.3 is 5.32 Å². The van der Waals surface area contributed by atoms with Crippen LogP contribution in [-0.4, -0.2) is 30.6 Å². The van der Waals surface area contributed by atoms with Crippen molar-refractivity contribution < 1.29 is 0 Å². The molecule has 0 aromatic heterocycles. The van der Waals surface area contributed by atoms with Gasteiger partial charge in [-0.3, -0.25) is 9.98 Å². The van der Waals surface area contributed by atoms with E-state index in [1.807, 2.05) is 27.7 Å². The highest BCUT2D eigenvalue weighted by Crippen LogP contribution is 1.95. The number of nitrogens with one attached hydrogen (secondary N) is 1. The monoisotopic (exact) mass is 247 g/mol. The summed E-state index contributed by atoms with van der Waals surface area (Å²) in [6.07, 6.45) is 0. The third kappa shape index (κ3) is 9.97. The molecule has 16 heavy (non-hydrogen) atoms. The van der Waals surface area contributed by atoms with Crippen molar-refractivity contribution in [3.05, 3.63) is 0 Å². The van der Waals surface area contributed by atoms with Crippen LogP contribution in [0.15, 0.2) is 9.98 Å². The molecular formula is C12H26ClN3. The predicted molar refractivity (Wildman–Crippen MR) is 76.0 cm³/mol. The van der Waals surface area contributed by atoms with Crippen molar-refractivity contribution in [1.29, 1.82) is 0 Å². The van der Waals surface area contributed by atoms with Crippen LogP contribution in [0.4, 0.5) is 0 Å². The summed E-state index contributed by atoms with van der Waals surface area (Å²) in [5.41, 5.74) is 0. The van der Waals surface area contributed by atoms with Crippen LogP contribution in [0.5, 0.6) is 0 Å². The number of nitrogens with zero attached hydrogens (tertiary/aromatic N) is 2. The third-order valence-electron chi connectivity index (χ3n) is 1.62. The highest BCUT2D eigenvalue weighted by atomic mass is 35.5. The number of halogens is 1. The summed E-state index contributed by atoms with van der Waals surface area (Å²) in [5, 5.41) is 3.19. The second-order valence-electron chi connectivity index (χ2n) is 3.30. The molecule has 0 rings (SSSR count). The van der Waals surface area contributed by atoms with E-state index in [4.69, 9.17) is 11.6 Å². The molecule has 0 radical (unpaired) electrons. The van der Waals surface area contributed by atoms with Gasteiger partial charge in [0.15, 0.2) is 0 Å². The third-order valence-corrected chi connectivity index (χ3v) is 1.79. The van der Waals surface area contributed by atoms with E-state index in [0.717, 1.165) is 18.2 Å². The maximum atomic E-state index is 5.58. The molecule has 0 atom stereocenters. The first-order valence-electron chi connectivity index (χ1n) is 6.00. The van der Waals surface area contributed by atoms with E-state index < -0.39 is 0 Å². The summed E-state index contributed by atoms with van der Waals surface area (Å²) in [6.45, 7) is 13.6. The minimum atomic E-state index is 0.375. The minimum absolute atomic E-state index is 0.375. The van der Waals surface area contributed by atoms with Crippen LogP contribution in [-0.2, 0) is 0 Å². The van der Waals surface area contributed by atoms with Crippen molar-refractivity contribution in [2.75, 3.05) is 19.0 Å². The lowest BCUT2D eigenvalue weighted by Gasteiger charge is -2.12. The molecule has 0 bridgehead atoms. The van der Waals surface area contributed by atoms with Crippen LogP contribution in [0, 0.1) is 5.92 Å². The van der Waals surface area contributed by atoms with Gasteiger partial charge in [-0.25, -0.2) is 0 Å². The Bertz CT molecular complexity index is 210. The first kappa shape index (κ1) is 17.8. The molecular weight excluding hydrogens is 222 g/mol. The molecule has 4 heteroatoms. The lowest BCUT2D eigenvalue weighted by Crippen LogP contribution is -2.32. The van der Waals surface area contributed by atoms with Gasteiger partial charge in [-0.2, -0.15) is 0 Å². The lowest BCUT2D eigenvalue weighted by molar-refractivity contribution is 0.841. The maximum Gasteiger partial charge on any atom is 0.104 e. The smallest absolute Gasteiger partial charge is 0.104 e. The molecule has 0 unspecified atom stereocenters. The van der Waals surface area contributed by atoms with Crippen molar-refractivity contribution in [2.45, 2.75) is 41.5 Å². The summed E-state index contributed by atoms with van der Waals surface area (Å²) in [4.78, 5) is 8.60. The fourth-order valence-corrected chi connectivity index (χ4v) is 1.08. The Hall–Kier alpha value is -0.570. The summed E-state index contributed by atoms with van der Waals surface area (Å²) in [7, 11) is 0. The van der Waals surface area contributed by atoms with E-state index in [9.17, 15) is 0 Å². The Morgan fingerprint density at radius 2 is 1.81 bits per heavy atom. The van der Waals surface area contributed by atoms with E-state index in [1.165, 1.54) is 0 Å². The number of rotatable bonds is 4. The highest BCUT2D eigenvalue weighted by Gasteiger charge is 2.04. The molecule has 0 amide bonds. The lowest BCUT2D eigenvalue weighted by atomic mass is 10.2. The van der Waals surface area contributed by atoms with Gasteiger partial charge in [-0.15, -0.1) is 11.6 Å². The Kier molecular flexibility index (Phi) is 13.9. The first-order valence-corrected chi connectivity index (χ1v) is 6.53. The summed E-state index contributed by atoms with van der Waals surface area (Å²) < 4.78 is 0. The largest absolute Gasteiger partial charge is 0.333 e. The van der Waals surface area contributed by atoms with Gasteiger partial charge in [-0.1, -0.05) is 27.7 Å². The normalized spacial score (nSPS) is 12.2. The van der Waals surface area contributed by atoms with Gasteiger partial charge in [0.25, 0.3) is 0 Å². The molecule has 0 heterocycles. The second kappa shape index (κ2) is 12.5. The number of alkyl halides is 1. The number of amidine groups is 2. The van der Waals surface area contributed by atoms with Gasteiger partial charge in [0.2, 0.25) is 0 Å². The maximum absolute atomic E-state index is 5.58. The molecule has 0 saturated carbocycles. The van der Waals surface area contributed by atoms with Gasteiger partial charge >= 0.3 is 0 Å². The molecule has 0 aromatic carbocycles. The Balaban J connectivity index is 0. The van der Waals surface area contributed by atoms with Gasteiger partial charge in [-0.05, 0) is 13.8 Å². The molecule has 0 saturated heterocycles. The highest BCUT2D eigenvalue weighted by molar-refractivity contribution is 6.18. The topological polar surface area (TPSA) is 36.8 Å². The summed E-state index contributed by atoms with van der Waals surface area (Å²) in [6, 6.07) is 0. The minimum Gasteiger partial charge on any atom is -0.333 e. The molecule has 3 nitrogen and oxygen atoms in total. The summed E-state index contributed by atoms with van der Waals surface area (Å²) >= 11 is 5.58. The van der Waals surface area contributed by atoms with E-state index in [0.29, 0.717) is 18.3 Å². The number of hydrogen-bond donors (Lipinski definition) is 1. The first-order chi connectivity index (χ1) is 7.61. The summed E-state index contributed by atoms with van der Waals surface area (Å²) in [5.74, 6) is 2.80.